The minimum Gasteiger partial charge on any atom is -0.496 e. The number of rotatable bonds is 3. The topological polar surface area (TPSA) is 71.6 Å². The van der Waals surface area contributed by atoms with Gasteiger partial charge in [-0.25, -0.2) is 4.39 Å². The number of aromatic amines is 1. The number of pyridine rings is 1. The van der Waals surface area contributed by atoms with Crippen molar-refractivity contribution in [1.82, 2.24) is 9.88 Å². The molecule has 24 heavy (non-hydrogen) atoms. The van der Waals surface area contributed by atoms with Crippen molar-refractivity contribution in [2.45, 2.75) is 6.04 Å². The highest BCUT2D eigenvalue weighted by Gasteiger charge is 2.31. The van der Waals surface area contributed by atoms with E-state index in [1.165, 1.54) is 31.5 Å². The zero-order valence-electron chi connectivity index (χ0n) is 13.1. The summed E-state index contributed by atoms with van der Waals surface area (Å²) in [6.45, 7) is 1.13. The van der Waals surface area contributed by atoms with E-state index in [1.54, 1.807) is 17.0 Å². The molecule has 1 fully saturated rings. The highest BCUT2D eigenvalue weighted by molar-refractivity contribution is 5.97. The lowest BCUT2D eigenvalue weighted by atomic mass is 10.0. The molecule has 0 aliphatic carbocycles. The van der Waals surface area contributed by atoms with E-state index < -0.39 is 0 Å². The largest absolute Gasteiger partial charge is 0.496 e. The van der Waals surface area contributed by atoms with Gasteiger partial charge >= 0.3 is 0 Å². The number of hydrogen-bond acceptors (Lipinski definition) is 4. The number of ether oxygens (including phenoxy) is 2. The zero-order chi connectivity index (χ0) is 17.1. The zero-order valence-corrected chi connectivity index (χ0v) is 13.1. The molecular formula is C17H17FN2O4. The molecule has 6 nitrogen and oxygen atoms in total. The molecule has 2 aromatic rings. The van der Waals surface area contributed by atoms with Gasteiger partial charge < -0.3 is 19.4 Å². The van der Waals surface area contributed by atoms with Crippen LogP contribution in [-0.4, -0.2) is 42.7 Å². The molecule has 1 aliphatic rings. The lowest BCUT2D eigenvalue weighted by Crippen LogP contribution is -2.43. The molecule has 1 aliphatic heterocycles. The summed E-state index contributed by atoms with van der Waals surface area (Å²) >= 11 is 0. The first-order valence-corrected chi connectivity index (χ1v) is 7.51. The predicted octanol–water partition coefficient (Wildman–Crippen LogP) is 1.74. The van der Waals surface area contributed by atoms with Crippen molar-refractivity contribution < 1.29 is 18.7 Å². The van der Waals surface area contributed by atoms with Gasteiger partial charge in [0.25, 0.3) is 11.5 Å². The Kier molecular flexibility index (Phi) is 4.61. The average molecular weight is 332 g/mol. The van der Waals surface area contributed by atoms with E-state index in [-0.39, 0.29) is 34.6 Å². The molecule has 1 atom stereocenters. The molecule has 0 spiro atoms. The van der Waals surface area contributed by atoms with E-state index in [2.05, 4.69) is 4.98 Å². The fourth-order valence-electron chi connectivity index (χ4n) is 2.75. The van der Waals surface area contributed by atoms with Crippen molar-refractivity contribution in [3.8, 4) is 5.75 Å². The Morgan fingerprint density at radius 2 is 2.12 bits per heavy atom. The minimum atomic E-state index is -0.347. The van der Waals surface area contributed by atoms with Crippen LogP contribution in [0.2, 0.25) is 0 Å². The number of methoxy groups -OCH3 is 1. The maximum Gasteiger partial charge on any atom is 0.259 e. The van der Waals surface area contributed by atoms with Gasteiger partial charge in [-0.05, 0) is 17.7 Å². The Balaban J connectivity index is 1.94. The molecule has 1 amide bonds. The second-order valence-electron chi connectivity index (χ2n) is 5.42. The summed E-state index contributed by atoms with van der Waals surface area (Å²) in [5.74, 6) is -0.399. The molecule has 1 saturated heterocycles. The quantitative estimate of drug-likeness (QED) is 0.929. The van der Waals surface area contributed by atoms with Gasteiger partial charge in [0.05, 0.1) is 31.9 Å². The van der Waals surface area contributed by atoms with Gasteiger partial charge in [0.1, 0.15) is 11.6 Å². The van der Waals surface area contributed by atoms with Crippen LogP contribution >= 0.6 is 0 Å². The molecule has 0 bridgehead atoms. The second-order valence-corrected chi connectivity index (χ2v) is 5.42. The third kappa shape index (κ3) is 3.16. The molecule has 7 heteroatoms. The lowest BCUT2D eigenvalue weighted by Gasteiger charge is -2.36. The molecule has 1 N–H and O–H groups in total. The minimum absolute atomic E-state index is 0.216. The van der Waals surface area contributed by atoms with Crippen molar-refractivity contribution in [2.75, 3.05) is 26.9 Å². The number of carbonyl (C=O) groups excluding carboxylic acids is 1. The van der Waals surface area contributed by atoms with Gasteiger partial charge in [-0.3, -0.25) is 9.59 Å². The summed E-state index contributed by atoms with van der Waals surface area (Å²) in [5, 5.41) is 0. The van der Waals surface area contributed by atoms with Crippen LogP contribution in [0.1, 0.15) is 22.0 Å². The predicted molar refractivity (Wildman–Crippen MR) is 84.6 cm³/mol. The number of benzene rings is 1. The van der Waals surface area contributed by atoms with Crippen LogP contribution in [0.3, 0.4) is 0 Å². The van der Waals surface area contributed by atoms with Crippen LogP contribution < -0.4 is 10.3 Å². The summed E-state index contributed by atoms with van der Waals surface area (Å²) in [6.07, 6.45) is 1.35. The van der Waals surface area contributed by atoms with E-state index in [0.717, 1.165) is 5.56 Å². The van der Waals surface area contributed by atoms with Gasteiger partial charge in [0, 0.05) is 18.8 Å². The highest BCUT2D eigenvalue weighted by atomic mass is 19.1. The average Bonchev–Trinajstić information content (AvgIpc) is 2.61. The Labute approximate surface area is 137 Å². The van der Waals surface area contributed by atoms with Gasteiger partial charge in [-0.15, -0.1) is 0 Å². The van der Waals surface area contributed by atoms with Crippen molar-refractivity contribution in [2.24, 2.45) is 0 Å². The third-order valence-electron chi connectivity index (χ3n) is 3.98. The smallest absolute Gasteiger partial charge is 0.259 e. The molecule has 1 unspecified atom stereocenters. The van der Waals surface area contributed by atoms with E-state index >= 15 is 0 Å². The number of halogens is 1. The number of aromatic nitrogens is 1. The summed E-state index contributed by atoms with van der Waals surface area (Å²) in [5.41, 5.74) is 0.708. The normalized spacial score (nSPS) is 17.6. The summed E-state index contributed by atoms with van der Waals surface area (Å²) in [6, 6.07) is 6.89. The maximum absolute atomic E-state index is 13.1. The van der Waals surface area contributed by atoms with E-state index in [9.17, 15) is 14.0 Å². The number of nitrogens with one attached hydrogen (secondary N) is 1. The SMILES string of the molecule is COc1cc(=O)[nH]cc1C(=O)N1CCOCC1c1ccc(F)cc1. The molecule has 1 aromatic heterocycles. The summed E-state index contributed by atoms with van der Waals surface area (Å²) in [7, 11) is 1.41. The number of carbonyl (C=O) groups is 1. The van der Waals surface area contributed by atoms with Crippen molar-refractivity contribution >= 4 is 5.91 Å². The van der Waals surface area contributed by atoms with Crippen LogP contribution in [0.25, 0.3) is 0 Å². The number of hydrogen-bond donors (Lipinski definition) is 1. The number of H-pyrrole nitrogens is 1. The monoisotopic (exact) mass is 332 g/mol. The fourth-order valence-corrected chi connectivity index (χ4v) is 2.75. The molecular weight excluding hydrogens is 315 g/mol. The van der Waals surface area contributed by atoms with E-state index in [1.807, 2.05) is 0 Å². The molecule has 3 rings (SSSR count). The second kappa shape index (κ2) is 6.84. The first-order chi connectivity index (χ1) is 11.6. The summed E-state index contributed by atoms with van der Waals surface area (Å²) < 4.78 is 23.8. The summed E-state index contributed by atoms with van der Waals surface area (Å²) in [4.78, 5) is 28.5. The lowest BCUT2D eigenvalue weighted by molar-refractivity contribution is -0.00288. The highest BCUT2D eigenvalue weighted by Crippen LogP contribution is 2.28. The molecule has 1 aromatic carbocycles. The van der Waals surface area contributed by atoms with Crippen LogP contribution in [0.5, 0.6) is 5.75 Å². The third-order valence-corrected chi connectivity index (χ3v) is 3.98. The first kappa shape index (κ1) is 16.2. The van der Waals surface area contributed by atoms with Gasteiger partial charge in [-0.2, -0.15) is 0 Å². The van der Waals surface area contributed by atoms with Crippen LogP contribution in [0.4, 0.5) is 4.39 Å². The van der Waals surface area contributed by atoms with Gasteiger partial charge in [0.15, 0.2) is 0 Å². The van der Waals surface area contributed by atoms with Crippen LogP contribution in [0.15, 0.2) is 41.3 Å². The number of amides is 1. The van der Waals surface area contributed by atoms with E-state index in [0.29, 0.717) is 19.8 Å². The van der Waals surface area contributed by atoms with Crippen LogP contribution in [-0.2, 0) is 4.74 Å². The van der Waals surface area contributed by atoms with Crippen molar-refractivity contribution in [3.63, 3.8) is 0 Å². The Hall–Kier alpha value is -2.67. The van der Waals surface area contributed by atoms with Crippen molar-refractivity contribution in [3.05, 3.63) is 63.8 Å². The van der Waals surface area contributed by atoms with Gasteiger partial charge in [-0.1, -0.05) is 12.1 Å². The molecule has 126 valence electrons. The molecule has 0 saturated carbocycles. The maximum atomic E-state index is 13.1. The fraction of sp³-hybridized carbons (Fsp3) is 0.294. The molecule has 2 heterocycles. The van der Waals surface area contributed by atoms with Gasteiger partial charge in [0.2, 0.25) is 0 Å². The first-order valence-electron chi connectivity index (χ1n) is 7.51. The number of nitrogens with zero attached hydrogens (tertiary/aromatic N) is 1. The Morgan fingerprint density at radius 1 is 1.38 bits per heavy atom. The standard InChI is InChI=1S/C17H17FN2O4/c1-23-15-8-16(21)19-9-13(15)17(22)20-6-7-24-10-14(20)11-2-4-12(18)5-3-11/h2-5,8-9,14H,6-7,10H2,1H3,(H,19,21). The molecule has 0 radical (unpaired) electrons. The Morgan fingerprint density at radius 3 is 2.83 bits per heavy atom. The van der Waals surface area contributed by atoms with E-state index in [4.69, 9.17) is 9.47 Å². The van der Waals surface area contributed by atoms with Crippen LogP contribution in [0, 0.1) is 5.82 Å². The Bertz CT molecular complexity index is 788. The number of morpholine rings is 1. The van der Waals surface area contributed by atoms with Crippen molar-refractivity contribution in [1.29, 1.82) is 0 Å².